The minimum atomic E-state index is -0.00663. The molecule has 1 heteroatoms. The topological polar surface area (TPSA) is 0 Å². The maximum atomic E-state index is 2.52. The van der Waals surface area contributed by atoms with E-state index in [1.165, 1.54) is 64.2 Å². The monoisotopic (exact) mass is 382 g/mol. The summed E-state index contributed by atoms with van der Waals surface area (Å²) in [6.07, 6.45) is 23.8. The van der Waals surface area contributed by atoms with E-state index in [1.54, 1.807) is 16.4 Å². The number of benzene rings is 1. The van der Waals surface area contributed by atoms with Crippen LogP contribution in [0.5, 0.6) is 0 Å². The summed E-state index contributed by atoms with van der Waals surface area (Å²) in [6, 6.07) is 9.56. The second-order valence-corrected chi connectivity index (χ2v) is 11.3. The number of allylic oxidation sites excluding steroid dienone is 4. The van der Waals surface area contributed by atoms with E-state index in [2.05, 4.69) is 56.3 Å². The molecule has 2 fully saturated rings. The molecule has 0 radical (unpaired) electrons. The molecule has 0 heterocycles. The highest BCUT2D eigenvalue weighted by atomic mass is 31.1. The minimum absolute atomic E-state index is 0.00663. The molecular weight excluding hydrogens is 343 g/mol. The van der Waals surface area contributed by atoms with E-state index in [0.717, 1.165) is 24.2 Å². The van der Waals surface area contributed by atoms with Gasteiger partial charge in [0.2, 0.25) is 0 Å². The first-order chi connectivity index (χ1) is 13.3. The van der Waals surface area contributed by atoms with Crippen LogP contribution in [-0.2, 0) is 6.42 Å². The van der Waals surface area contributed by atoms with Crippen molar-refractivity contribution in [3.8, 4) is 0 Å². The van der Waals surface area contributed by atoms with Crippen LogP contribution in [0.1, 0.15) is 90.0 Å². The van der Waals surface area contributed by atoms with Crippen LogP contribution in [0.2, 0.25) is 0 Å². The summed E-state index contributed by atoms with van der Waals surface area (Å²) < 4.78 is 0. The first kappa shape index (κ1) is 20.9. The predicted octanol–water partition coefficient (Wildman–Crippen LogP) is 7.91. The Morgan fingerprint density at radius 3 is 2.07 bits per heavy atom. The fraction of sp³-hybridized carbons (Fsp3) is 0.615. The lowest BCUT2D eigenvalue weighted by Crippen LogP contribution is -2.28. The van der Waals surface area contributed by atoms with Gasteiger partial charge in [-0.2, -0.15) is 0 Å². The molecule has 0 N–H and O–H groups in total. The van der Waals surface area contributed by atoms with Crippen LogP contribution in [0, 0.1) is 0 Å². The third-order valence-electron chi connectivity index (χ3n) is 6.60. The van der Waals surface area contributed by atoms with Crippen LogP contribution < -0.4 is 5.30 Å². The quantitative estimate of drug-likeness (QED) is 0.332. The van der Waals surface area contributed by atoms with Crippen LogP contribution in [0.25, 0.3) is 0 Å². The van der Waals surface area contributed by atoms with Gasteiger partial charge in [-0.3, -0.25) is 0 Å². The molecule has 148 valence electrons. The van der Waals surface area contributed by atoms with Crippen LogP contribution >= 0.6 is 7.92 Å². The largest absolute Gasteiger partial charge is 0.0877 e. The highest BCUT2D eigenvalue weighted by Gasteiger charge is 2.33. The van der Waals surface area contributed by atoms with E-state index in [9.17, 15) is 0 Å². The molecule has 1 aromatic carbocycles. The molecule has 0 atom stereocenters. The van der Waals surface area contributed by atoms with Crippen LogP contribution in [-0.4, -0.2) is 11.3 Å². The lowest BCUT2D eigenvalue weighted by molar-refractivity contribution is 0.487. The van der Waals surface area contributed by atoms with Crippen molar-refractivity contribution in [2.75, 3.05) is 0 Å². The van der Waals surface area contributed by atoms with Gasteiger partial charge in [0.15, 0.2) is 0 Å². The summed E-state index contributed by atoms with van der Waals surface area (Å²) in [5, 5.41) is 1.77. The molecule has 0 unspecified atom stereocenters. The zero-order valence-electron chi connectivity index (χ0n) is 17.6. The molecule has 27 heavy (non-hydrogen) atoms. The molecule has 2 saturated carbocycles. The van der Waals surface area contributed by atoms with Gasteiger partial charge >= 0.3 is 0 Å². The minimum Gasteiger partial charge on any atom is -0.0877 e. The molecule has 2 aliphatic rings. The molecule has 0 saturated heterocycles. The van der Waals surface area contributed by atoms with E-state index >= 15 is 0 Å². The Kier molecular flexibility index (Phi) is 8.66. The Morgan fingerprint density at radius 2 is 1.52 bits per heavy atom. The van der Waals surface area contributed by atoms with Gasteiger partial charge in [0, 0.05) is 0 Å². The van der Waals surface area contributed by atoms with Gasteiger partial charge in [-0.1, -0.05) is 101 Å². The van der Waals surface area contributed by atoms with E-state index in [-0.39, 0.29) is 7.92 Å². The molecule has 0 amide bonds. The van der Waals surface area contributed by atoms with Crippen LogP contribution in [0.15, 0.2) is 48.1 Å². The molecule has 0 aromatic heterocycles. The fourth-order valence-electron chi connectivity index (χ4n) is 5.10. The van der Waals surface area contributed by atoms with E-state index < -0.39 is 0 Å². The smallest absolute Gasteiger partial charge is 0.00578 e. The molecular formula is C26H39P. The highest BCUT2D eigenvalue weighted by molar-refractivity contribution is 7.67. The average Bonchev–Trinajstić information content (AvgIpc) is 2.74. The van der Waals surface area contributed by atoms with Crippen molar-refractivity contribution in [2.45, 2.75) is 102 Å². The number of rotatable bonds is 7. The van der Waals surface area contributed by atoms with Crippen molar-refractivity contribution in [1.29, 1.82) is 0 Å². The van der Waals surface area contributed by atoms with Gasteiger partial charge < -0.3 is 0 Å². The lowest BCUT2D eigenvalue weighted by Gasteiger charge is -2.39. The van der Waals surface area contributed by atoms with Crippen molar-refractivity contribution in [2.24, 2.45) is 0 Å². The molecule has 0 spiro atoms. The second-order valence-electron chi connectivity index (χ2n) is 8.50. The van der Waals surface area contributed by atoms with E-state index in [4.69, 9.17) is 0 Å². The van der Waals surface area contributed by atoms with Gasteiger partial charge in [0.05, 0.1) is 0 Å². The Hall–Kier alpha value is -0.870. The summed E-state index contributed by atoms with van der Waals surface area (Å²) in [5.74, 6) is 0. The zero-order valence-corrected chi connectivity index (χ0v) is 18.5. The Bertz CT molecular complexity index is 597. The van der Waals surface area contributed by atoms with Crippen molar-refractivity contribution >= 4 is 13.2 Å². The van der Waals surface area contributed by atoms with Crippen molar-refractivity contribution in [1.82, 2.24) is 0 Å². The van der Waals surface area contributed by atoms with E-state index in [1.807, 2.05) is 0 Å². The number of hydrogen-bond acceptors (Lipinski definition) is 0. The molecule has 2 aliphatic carbocycles. The van der Waals surface area contributed by atoms with E-state index in [0.29, 0.717) is 0 Å². The Morgan fingerprint density at radius 1 is 0.926 bits per heavy atom. The van der Waals surface area contributed by atoms with Crippen molar-refractivity contribution in [3.05, 3.63) is 53.6 Å². The fourth-order valence-corrected chi connectivity index (χ4v) is 9.07. The summed E-state index contributed by atoms with van der Waals surface area (Å²) in [5.41, 5.74) is 5.19. The third kappa shape index (κ3) is 5.80. The lowest BCUT2D eigenvalue weighted by atomic mass is 9.99. The summed E-state index contributed by atoms with van der Waals surface area (Å²) in [7, 11) is -0.00663. The molecule has 0 bridgehead atoms. The SMILES string of the molecule is C/C=C\C=C(\CC)Cc1ccccc1P(C1CCCCC1)C1CCCCC1. The molecule has 0 aliphatic heterocycles. The summed E-state index contributed by atoms with van der Waals surface area (Å²) >= 11 is 0. The normalized spacial score (nSPS) is 20.6. The molecule has 1 aromatic rings. The highest BCUT2D eigenvalue weighted by Crippen LogP contribution is 2.55. The second kappa shape index (κ2) is 11.2. The van der Waals surface area contributed by atoms with Crippen LogP contribution in [0.4, 0.5) is 0 Å². The van der Waals surface area contributed by atoms with Gasteiger partial charge in [-0.15, -0.1) is 0 Å². The average molecular weight is 383 g/mol. The molecule has 3 rings (SSSR count). The van der Waals surface area contributed by atoms with Gasteiger partial charge in [-0.25, -0.2) is 0 Å². The van der Waals surface area contributed by atoms with Gasteiger partial charge in [-0.05, 0) is 67.6 Å². The first-order valence-corrected chi connectivity index (χ1v) is 13.0. The zero-order chi connectivity index (χ0) is 18.9. The van der Waals surface area contributed by atoms with Crippen molar-refractivity contribution in [3.63, 3.8) is 0 Å². The maximum Gasteiger partial charge on any atom is -0.00578 e. The standard InChI is InChI=1S/C26H39P/c1-3-5-14-22(4-2)21-23-15-12-13-20-26(23)27(24-16-8-6-9-17-24)25-18-10-7-11-19-25/h3,5,12-15,20,24-25H,4,6-11,16-19,21H2,1-2H3/b5-3-,22-14-. The first-order valence-electron chi connectivity index (χ1n) is 11.5. The van der Waals surface area contributed by atoms with Gasteiger partial charge in [0.25, 0.3) is 0 Å². The Balaban J connectivity index is 1.91. The maximum absolute atomic E-state index is 2.52. The summed E-state index contributed by atoms with van der Waals surface area (Å²) in [4.78, 5) is 0. The van der Waals surface area contributed by atoms with Gasteiger partial charge in [0.1, 0.15) is 0 Å². The summed E-state index contributed by atoms with van der Waals surface area (Å²) in [6.45, 7) is 4.42. The van der Waals surface area contributed by atoms with Crippen molar-refractivity contribution < 1.29 is 0 Å². The molecule has 0 nitrogen and oxygen atoms in total. The predicted molar refractivity (Wildman–Crippen MR) is 124 cm³/mol. The number of hydrogen-bond donors (Lipinski definition) is 0. The third-order valence-corrected chi connectivity index (χ3v) is 10.2. The van der Waals surface area contributed by atoms with Crippen LogP contribution in [0.3, 0.4) is 0 Å². The Labute approximate surface area is 169 Å².